The molecule has 0 saturated carbocycles. The van der Waals surface area contributed by atoms with Gasteiger partial charge in [-0.2, -0.15) is 0 Å². The van der Waals surface area contributed by atoms with Crippen LogP contribution in [0.1, 0.15) is 36.0 Å². The molecule has 0 N–H and O–H groups in total. The Morgan fingerprint density at radius 3 is 2.60 bits per heavy atom. The third-order valence-electron chi connectivity index (χ3n) is 4.45. The van der Waals surface area contributed by atoms with E-state index >= 15 is 0 Å². The lowest BCUT2D eigenvalue weighted by molar-refractivity contribution is 0.0607. The molecule has 108 valence electrons. The molecule has 2 fully saturated rings. The minimum absolute atomic E-state index is 0.207. The Kier molecular flexibility index (Phi) is 4.61. The van der Waals surface area contributed by atoms with Gasteiger partial charge in [-0.05, 0) is 73.5 Å². The molecule has 0 spiro atoms. The predicted molar refractivity (Wildman–Crippen MR) is 88.9 cm³/mol. The number of carbonyl (C=O) groups is 1. The Morgan fingerprint density at radius 1 is 1.10 bits per heavy atom. The van der Waals surface area contributed by atoms with Crippen molar-refractivity contribution in [3.8, 4) is 0 Å². The highest BCUT2D eigenvalue weighted by Gasteiger charge is 2.30. The lowest BCUT2D eigenvalue weighted by Crippen LogP contribution is -2.49. The lowest BCUT2D eigenvalue weighted by Gasteiger charge is -2.37. The molecule has 0 aromatic heterocycles. The quantitative estimate of drug-likeness (QED) is 0.732. The van der Waals surface area contributed by atoms with Crippen molar-refractivity contribution in [3.63, 3.8) is 0 Å². The highest BCUT2D eigenvalue weighted by molar-refractivity contribution is 14.1. The van der Waals surface area contributed by atoms with E-state index in [4.69, 9.17) is 0 Å². The van der Waals surface area contributed by atoms with E-state index in [0.717, 1.165) is 28.6 Å². The van der Waals surface area contributed by atoms with E-state index in [1.165, 1.54) is 32.4 Å². The number of benzene rings is 1. The maximum absolute atomic E-state index is 12.7. The molecular weight excluding hydrogens is 363 g/mol. The molecule has 4 heteroatoms. The zero-order chi connectivity index (χ0) is 13.9. The van der Waals surface area contributed by atoms with Gasteiger partial charge in [0.2, 0.25) is 0 Å². The molecule has 1 unspecified atom stereocenters. The maximum Gasteiger partial charge on any atom is 0.254 e. The van der Waals surface area contributed by atoms with Gasteiger partial charge in [0.25, 0.3) is 5.91 Å². The Hall–Kier alpha value is -0.620. The second-order valence-electron chi connectivity index (χ2n) is 5.77. The van der Waals surface area contributed by atoms with Crippen LogP contribution in [0.15, 0.2) is 24.3 Å². The molecule has 1 amide bonds. The standard InChI is InChI=1S/C16H21IN2O/c17-15-8-2-1-7-14(15)16(20)19-11-5-6-13(12-19)18-9-3-4-10-18/h1-2,7-8,13H,3-6,9-12H2. The summed E-state index contributed by atoms with van der Waals surface area (Å²) in [6.07, 6.45) is 5.02. The number of halogens is 1. The zero-order valence-electron chi connectivity index (χ0n) is 11.7. The van der Waals surface area contributed by atoms with E-state index in [2.05, 4.69) is 32.4 Å². The fraction of sp³-hybridized carbons (Fsp3) is 0.562. The van der Waals surface area contributed by atoms with Crippen molar-refractivity contribution in [2.45, 2.75) is 31.7 Å². The number of likely N-dealkylation sites (tertiary alicyclic amines) is 2. The van der Waals surface area contributed by atoms with Crippen molar-refractivity contribution < 1.29 is 4.79 Å². The minimum atomic E-state index is 0.207. The molecule has 1 aromatic carbocycles. The van der Waals surface area contributed by atoms with Crippen LogP contribution in [0.2, 0.25) is 0 Å². The van der Waals surface area contributed by atoms with Crippen LogP contribution >= 0.6 is 22.6 Å². The number of carbonyl (C=O) groups excluding carboxylic acids is 1. The van der Waals surface area contributed by atoms with E-state index in [9.17, 15) is 4.79 Å². The van der Waals surface area contributed by atoms with Crippen molar-refractivity contribution in [2.75, 3.05) is 26.2 Å². The summed E-state index contributed by atoms with van der Waals surface area (Å²) in [7, 11) is 0. The van der Waals surface area contributed by atoms with Gasteiger partial charge in [-0.25, -0.2) is 0 Å². The number of nitrogens with zero attached hydrogens (tertiary/aromatic N) is 2. The molecule has 1 aromatic rings. The molecule has 20 heavy (non-hydrogen) atoms. The smallest absolute Gasteiger partial charge is 0.254 e. The number of hydrogen-bond donors (Lipinski definition) is 0. The lowest BCUT2D eigenvalue weighted by atomic mass is 10.0. The molecular formula is C16H21IN2O. The third kappa shape index (κ3) is 3.01. The van der Waals surface area contributed by atoms with Crippen molar-refractivity contribution in [2.24, 2.45) is 0 Å². The van der Waals surface area contributed by atoms with E-state index in [1.54, 1.807) is 0 Å². The van der Waals surface area contributed by atoms with Crippen LogP contribution in [-0.4, -0.2) is 47.9 Å². The first-order valence-electron chi connectivity index (χ1n) is 7.53. The molecule has 3 nitrogen and oxygen atoms in total. The van der Waals surface area contributed by atoms with Gasteiger partial charge in [-0.15, -0.1) is 0 Å². The fourth-order valence-electron chi connectivity index (χ4n) is 3.35. The molecule has 0 bridgehead atoms. The van der Waals surface area contributed by atoms with E-state index in [1.807, 2.05) is 24.3 Å². The number of hydrogen-bond acceptors (Lipinski definition) is 2. The molecule has 1 atom stereocenters. The molecule has 2 saturated heterocycles. The predicted octanol–water partition coefficient (Wildman–Crippen LogP) is 2.99. The first kappa shape index (κ1) is 14.3. The normalized spacial score (nSPS) is 24.1. The molecule has 3 rings (SSSR count). The number of piperidine rings is 1. The van der Waals surface area contributed by atoms with Gasteiger partial charge in [0.1, 0.15) is 0 Å². The van der Waals surface area contributed by atoms with Gasteiger partial charge in [0.05, 0.1) is 5.56 Å². The molecule has 0 radical (unpaired) electrons. The van der Waals surface area contributed by atoms with Crippen molar-refractivity contribution in [1.82, 2.24) is 9.80 Å². The summed E-state index contributed by atoms with van der Waals surface area (Å²) in [6, 6.07) is 8.48. The third-order valence-corrected chi connectivity index (χ3v) is 5.39. The summed E-state index contributed by atoms with van der Waals surface area (Å²) in [5, 5.41) is 0. The molecule has 2 heterocycles. The summed E-state index contributed by atoms with van der Waals surface area (Å²) < 4.78 is 1.05. The summed E-state index contributed by atoms with van der Waals surface area (Å²) in [6.45, 7) is 4.25. The second kappa shape index (κ2) is 6.43. The van der Waals surface area contributed by atoms with Crippen LogP contribution < -0.4 is 0 Å². The van der Waals surface area contributed by atoms with Crippen LogP contribution in [0.5, 0.6) is 0 Å². The largest absolute Gasteiger partial charge is 0.337 e. The van der Waals surface area contributed by atoms with Gasteiger partial charge < -0.3 is 4.90 Å². The van der Waals surface area contributed by atoms with Crippen LogP contribution in [0, 0.1) is 3.57 Å². The summed E-state index contributed by atoms with van der Waals surface area (Å²) in [5.41, 5.74) is 0.857. The molecule has 2 aliphatic rings. The maximum atomic E-state index is 12.7. The molecule has 0 aliphatic carbocycles. The minimum Gasteiger partial charge on any atom is -0.337 e. The first-order valence-corrected chi connectivity index (χ1v) is 8.61. The Bertz CT molecular complexity index is 485. The van der Waals surface area contributed by atoms with Crippen LogP contribution in [0.3, 0.4) is 0 Å². The molecule has 2 aliphatic heterocycles. The van der Waals surface area contributed by atoms with E-state index in [-0.39, 0.29) is 5.91 Å². The van der Waals surface area contributed by atoms with Gasteiger partial charge in [0.15, 0.2) is 0 Å². The second-order valence-corrected chi connectivity index (χ2v) is 6.93. The first-order chi connectivity index (χ1) is 9.75. The van der Waals surface area contributed by atoms with Crippen LogP contribution in [0.25, 0.3) is 0 Å². The highest BCUT2D eigenvalue weighted by Crippen LogP contribution is 2.22. The van der Waals surface area contributed by atoms with Crippen molar-refractivity contribution >= 4 is 28.5 Å². The van der Waals surface area contributed by atoms with E-state index in [0.29, 0.717) is 6.04 Å². The highest BCUT2D eigenvalue weighted by atomic mass is 127. The van der Waals surface area contributed by atoms with Gasteiger partial charge >= 0.3 is 0 Å². The topological polar surface area (TPSA) is 23.6 Å². The Morgan fingerprint density at radius 2 is 1.85 bits per heavy atom. The summed E-state index contributed by atoms with van der Waals surface area (Å²) >= 11 is 2.26. The average Bonchev–Trinajstić information content (AvgIpc) is 3.01. The zero-order valence-corrected chi connectivity index (χ0v) is 13.9. The number of amides is 1. The fourth-order valence-corrected chi connectivity index (χ4v) is 3.97. The van der Waals surface area contributed by atoms with Gasteiger partial charge in [-0.1, -0.05) is 12.1 Å². The SMILES string of the molecule is O=C(c1ccccc1I)N1CCCC(N2CCCC2)C1. The Labute approximate surface area is 134 Å². The summed E-state index contributed by atoms with van der Waals surface area (Å²) in [5.74, 6) is 0.207. The van der Waals surface area contributed by atoms with Gasteiger partial charge in [-0.3, -0.25) is 9.69 Å². The number of rotatable bonds is 2. The van der Waals surface area contributed by atoms with Gasteiger partial charge in [0, 0.05) is 22.7 Å². The Balaban J connectivity index is 1.70. The monoisotopic (exact) mass is 384 g/mol. The van der Waals surface area contributed by atoms with Crippen molar-refractivity contribution in [3.05, 3.63) is 33.4 Å². The average molecular weight is 384 g/mol. The summed E-state index contributed by atoms with van der Waals surface area (Å²) in [4.78, 5) is 17.3. The van der Waals surface area contributed by atoms with Crippen molar-refractivity contribution in [1.29, 1.82) is 0 Å². The van der Waals surface area contributed by atoms with Crippen LogP contribution in [-0.2, 0) is 0 Å². The van der Waals surface area contributed by atoms with E-state index < -0.39 is 0 Å². The van der Waals surface area contributed by atoms with Crippen LogP contribution in [0.4, 0.5) is 0 Å².